The van der Waals surface area contributed by atoms with E-state index in [0.29, 0.717) is 6.54 Å². The Morgan fingerprint density at radius 3 is 2.88 bits per heavy atom. The van der Waals surface area contributed by atoms with Gasteiger partial charge in [0.05, 0.1) is 12.2 Å². The molecule has 0 aliphatic carbocycles. The number of aromatic nitrogens is 2. The Balaban J connectivity index is 2.16. The molecule has 0 aliphatic rings. The summed E-state index contributed by atoms with van der Waals surface area (Å²) < 4.78 is 2.23. The van der Waals surface area contributed by atoms with E-state index in [1.165, 1.54) is 15.6 Å². The lowest BCUT2D eigenvalue weighted by Gasteiger charge is -2.05. The van der Waals surface area contributed by atoms with E-state index < -0.39 is 0 Å². The highest BCUT2D eigenvalue weighted by molar-refractivity contribution is 7.11. The summed E-state index contributed by atoms with van der Waals surface area (Å²) in [5.74, 6) is 0. The van der Waals surface area contributed by atoms with E-state index in [0.717, 1.165) is 18.7 Å². The third-order valence-corrected chi connectivity index (χ3v) is 3.76. The number of rotatable bonds is 4. The highest BCUT2D eigenvalue weighted by atomic mass is 32.1. The zero-order valence-electron chi connectivity index (χ0n) is 9.73. The number of hydrogen-bond donors (Lipinski definition) is 1. The van der Waals surface area contributed by atoms with E-state index in [1.807, 2.05) is 0 Å². The number of hydrogen-bond acceptors (Lipinski definition) is 3. The van der Waals surface area contributed by atoms with Crippen LogP contribution in [0.1, 0.15) is 21.3 Å². The maximum atomic E-state index is 5.58. The van der Waals surface area contributed by atoms with Crippen molar-refractivity contribution in [3.05, 3.63) is 39.6 Å². The van der Waals surface area contributed by atoms with Crippen LogP contribution in [-0.4, -0.2) is 16.1 Å². The topological polar surface area (TPSA) is 43.8 Å². The third-order valence-electron chi connectivity index (χ3n) is 2.70. The van der Waals surface area contributed by atoms with Gasteiger partial charge in [-0.2, -0.15) is 0 Å². The van der Waals surface area contributed by atoms with Crippen LogP contribution >= 0.6 is 11.3 Å². The Hall–Kier alpha value is -1.13. The van der Waals surface area contributed by atoms with E-state index in [9.17, 15) is 0 Å². The molecular formula is C12H17N3S. The van der Waals surface area contributed by atoms with Crippen LogP contribution in [0.15, 0.2) is 18.3 Å². The van der Waals surface area contributed by atoms with Gasteiger partial charge in [0.25, 0.3) is 0 Å². The number of nitrogens with zero attached hydrogens (tertiary/aromatic N) is 2. The molecule has 3 nitrogen and oxygen atoms in total. The maximum Gasteiger partial charge on any atom is 0.113 e. The molecule has 2 N–H and O–H groups in total. The van der Waals surface area contributed by atoms with Gasteiger partial charge in [0.2, 0.25) is 0 Å². The lowest BCUT2D eigenvalue weighted by atomic mass is 10.3. The van der Waals surface area contributed by atoms with E-state index in [1.54, 1.807) is 11.3 Å². The summed E-state index contributed by atoms with van der Waals surface area (Å²) in [5.41, 5.74) is 8.01. The summed E-state index contributed by atoms with van der Waals surface area (Å²) in [4.78, 5) is 5.86. The van der Waals surface area contributed by atoms with Gasteiger partial charge in [0.15, 0.2) is 0 Å². The number of nitrogens with two attached hydrogens (primary N) is 1. The summed E-state index contributed by atoms with van der Waals surface area (Å²) in [5, 5.41) is 1.17. The minimum absolute atomic E-state index is 0.694. The molecule has 0 fully saturated rings. The Labute approximate surface area is 99.9 Å². The minimum Gasteiger partial charge on any atom is -0.345 e. The quantitative estimate of drug-likeness (QED) is 0.882. The zero-order chi connectivity index (χ0) is 11.5. The number of aryl methyl sites for hydroxylation is 2. The summed E-state index contributed by atoms with van der Waals surface area (Å²) in [7, 11) is 0. The Morgan fingerprint density at radius 1 is 1.44 bits per heavy atom. The third kappa shape index (κ3) is 2.33. The van der Waals surface area contributed by atoms with Crippen molar-refractivity contribution >= 4 is 11.3 Å². The van der Waals surface area contributed by atoms with Gasteiger partial charge in [0, 0.05) is 16.8 Å². The van der Waals surface area contributed by atoms with Crippen molar-refractivity contribution < 1.29 is 0 Å². The van der Waals surface area contributed by atoms with Gasteiger partial charge in [-0.1, -0.05) is 0 Å². The molecule has 16 heavy (non-hydrogen) atoms. The first-order valence-electron chi connectivity index (χ1n) is 5.47. The van der Waals surface area contributed by atoms with Crippen LogP contribution in [0.3, 0.4) is 0 Å². The molecule has 2 aromatic heterocycles. The normalized spacial score (nSPS) is 10.9. The predicted molar refractivity (Wildman–Crippen MR) is 67.9 cm³/mol. The van der Waals surface area contributed by atoms with Crippen LogP contribution in [0, 0.1) is 13.8 Å². The largest absolute Gasteiger partial charge is 0.345 e. The second-order valence-electron chi connectivity index (χ2n) is 3.92. The van der Waals surface area contributed by atoms with Gasteiger partial charge in [-0.15, -0.1) is 11.3 Å². The fourth-order valence-corrected chi connectivity index (χ4v) is 2.66. The highest BCUT2D eigenvalue weighted by Crippen LogP contribution is 2.18. The van der Waals surface area contributed by atoms with Gasteiger partial charge in [-0.3, -0.25) is 0 Å². The molecule has 0 saturated carbocycles. The van der Waals surface area contributed by atoms with Crippen LogP contribution in [0.5, 0.6) is 0 Å². The molecule has 0 amide bonds. The Morgan fingerprint density at radius 2 is 2.25 bits per heavy atom. The molecule has 0 spiro atoms. The molecule has 0 saturated heterocycles. The van der Waals surface area contributed by atoms with Gasteiger partial charge in [0.1, 0.15) is 5.01 Å². The molecule has 4 heteroatoms. The van der Waals surface area contributed by atoms with Gasteiger partial charge in [-0.25, -0.2) is 4.98 Å². The monoisotopic (exact) mass is 235 g/mol. The SMILES string of the molecule is Cc1nc(Cn2cccc2CCN)sc1C. The first kappa shape index (κ1) is 11.4. The van der Waals surface area contributed by atoms with E-state index >= 15 is 0 Å². The van der Waals surface area contributed by atoms with Crippen LogP contribution < -0.4 is 5.73 Å². The molecule has 0 bridgehead atoms. The zero-order valence-corrected chi connectivity index (χ0v) is 10.5. The molecule has 0 aliphatic heterocycles. The van der Waals surface area contributed by atoms with E-state index in [2.05, 4.69) is 41.7 Å². The Bertz CT molecular complexity index is 451. The molecule has 0 unspecified atom stereocenters. The molecule has 2 rings (SSSR count). The van der Waals surface area contributed by atoms with Crippen molar-refractivity contribution in [2.24, 2.45) is 5.73 Å². The van der Waals surface area contributed by atoms with Crippen molar-refractivity contribution in [2.45, 2.75) is 26.8 Å². The maximum absolute atomic E-state index is 5.58. The van der Waals surface area contributed by atoms with Crippen LogP contribution in [0.2, 0.25) is 0 Å². The minimum atomic E-state index is 0.694. The number of thiazole rings is 1. The fourth-order valence-electron chi connectivity index (χ4n) is 1.73. The second kappa shape index (κ2) is 4.80. The summed E-state index contributed by atoms with van der Waals surface area (Å²) in [6.45, 7) is 5.74. The first-order valence-corrected chi connectivity index (χ1v) is 6.29. The van der Waals surface area contributed by atoms with Gasteiger partial charge < -0.3 is 10.3 Å². The molecule has 0 atom stereocenters. The molecule has 0 radical (unpaired) electrons. The highest BCUT2D eigenvalue weighted by Gasteiger charge is 2.06. The Kier molecular flexibility index (Phi) is 3.41. The van der Waals surface area contributed by atoms with Crippen LogP contribution in [0.4, 0.5) is 0 Å². The van der Waals surface area contributed by atoms with Crippen molar-refractivity contribution in [2.75, 3.05) is 6.54 Å². The molecular weight excluding hydrogens is 218 g/mol. The average Bonchev–Trinajstić information content (AvgIpc) is 2.77. The predicted octanol–water partition coefficient (Wildman–Crippen LogP) is 2.11. The first-order chi connectivity index (χ1) is 7.70. The molecule has 0 aromatic carbocycles. The van der Waals surface area contributed by atoms with E-state index in [-0.39, 0.29) is 0 Å². The fraction of sp³-hybridized carbons (Fsp3) is 0.417. The van der Waals surface area contributed by atoms with Crippen molar-refractivity contribution in [3.8, 4) is 0 Å². The van der Waals surface area contributed by atoms with Gasteiger partial charge in [-0.05, 0) is 38.9 Å². The van der Waals surface area contributed by atoms with Crippen molar-refractivity contribution in [3.63, 3.8) is 0 Å². The molecule has 2 heterocycles. The standard InChI is InChI=1S/C12H17N3S/c1-9-10(2)16-12(14-9)8-15-7-3-4-11(15)5-6-13/h3-4,7H,5-6,8,13H2,1-2H3. The molecule has 2 aromatic rings. The molecule has 86 valence electrons. The van der Waals surface area contributed by atoms with Crippen molar-refractivity contribution in [1.82, 2.24) is 9.55 Å². The lowest BCUT2D eigenvalue weighted by molar-refractivity contribution is 0.731. The van der Waals surface area contributed by atoms with Crippen LogP contribution in [0.25, 0.3) is 0 Å². The summed E-state index contributed by atoms with van der Waals surface area (Å²) >= 11 is 1.78. The van der Waals surface area contributed by atoms with Gasteiger partial charge >= 0.3 is 0 Å². The lowest BCUT2D eigenvalue weighted by Crippen LogP contribution is -2.09. The summed E-state index contributed by atoms with van der Waals surface area (Å²) in [6, 6.07) is 4.19. The smallest absolute Gasteiger partial charge is 0.113 e. The van der Waals surface area contributed by atoms with Crippen molar-refractivity contribution in [1.29, 1.82) is 0 Å². The average molecular weight is 235 g/mol. The second-order valence-corrected chi connectivity index (χ2v) is 5.20. The summed E-state index contributed by atoms with van der Waals surface area (Å²) in [6.07, 6.45) is 3.02. The van der Waals surface area contributed by atoms with E-state index in [4.69, 9.17) is 5.73 Å². The van der Waals surface area contributed by atoms with Crippen LogP contribution in [-0.2, 0) is 13.0 Å².